The third-order valence-corrected chi connectivity index (χ3v) is 4.35. The maximum absolute atomic E-state index is 4.69. The fraction of sp³-hybridized carbons (Fsp3) is 0.375. The van der Waals surface area contributed by atoms with Gasteiger partial charge in [-0.15, -0.1) is 11.3 Å². The Kier molecular flexibility index (Phi) is 4.31. The number of nitrogens with zero attached hydrogens (tertiary/aromatic N) is 3. The first kappa shape index (κ1) is 14.2. The van der Waals surface area contributed by atoms with Gasteiger partial charge >= 0.3 is 0 Å². The summed E-state index contributed by atoms with van der Waals surface area (Å²) in [5.74, 6) is 0. The van der Waals surface area contributed by atoms with E-state index in [1.807, 2.05) is 12.3 Å². The predicted octanol–water partition coefficient (Wildman–Crippen LogP) is 3.38. The minimum absolute atomic E-state index is 0.218. The second kappa shape index (κ2) is 6.37. The molecule has 3 aromatic rings. The van der Waals surface area contributed by atoms with Crippen molar-refractivity contribution in [2.24, 2.45) is 0 Å². The maximum atomic E-state index is 4.69. The minimum atomic E-state index is 0.218. The van der Waals surface area contributed by atoms with Gasteiger partial charge in [0.25, 0.3) is 0 Å². The number of aryl methyl sites for hydroxylation is 1. The molecule has 3 heterocycles. The molecule has 110 valence electrons. The molecule has 0 amide bonds. The summed E-state index contributed by atoms with van der Waals surface area (Å²) in [7, 11) is 0. The summed E-state index contributed by atoms with van der Waals surface area (Å²) < 4.78 is 2.09. The number of nitrogens with one attached hydrogen (secondary N) is 1. The third-order valence-electron chi connectivity index (χ3n) is 3.58. The summed E-state index contributed by atoms with van der Waals surface area (Å²) in [6.07, 6.45) is 8.02. The van der Waals surface area contributed by atoms with Gasteiger partial charge in [-0.05, 0) is 31.5 Å². The van der Waals surface area contributed by atoms with Crippen LogP contribution in [0.3, 0.4) is 0 Å². The van der Waals surface area contributed by atoms with E-state index in [-0.39, 0.29) is 6.04 Å². The van der Waals surface area contributed by atoms with E-state index >= 15 is 0 Å². The molecule has 0 spiro atoms. The second-order valence-electron chi connectivity index (χ2n) is 5.24. The van der Waals surface area contributed by atoms with E-state index in [1.54, 1.807) is 11.3 Å². The molecule has 0 aliphatic heterocycles. The molecule has 3 aromatic heterocycles. The fourth-order valence-electron chi connectivity index (χ4n) is 2.53. The number of hydrogen-bond acceptors (Lipinski definition) is 4. The Balaban J connectivity index is 1.85. The molecule has 0 aliphatic carbocycles. The summed E-state index contributed by atoms with van der Waals surface area (Å²) in [4.78, 5) is 10.3. The summed E-state index contributed by atoms with van der Waals surface area (Å²) in [6, 6.07) is 4.33. The number of aromatic nitrogens is 3. The van der Waals surface area contributed by atoms with Crippen molar-refractivity contribution in [3.05, 3.63) is 53.1 Å². The molecule has 0 saturated heterocycles. The van der Waals surface area contributed by atoms with Gasteiger partial charge in [0, 0.05) is 30.4 Å². The van der Waals surface area contributed by atoms with E-state index in [0.29, 0.717) is 0 Å². The van der Waals surface area contributed by atoms with Crippen LogP contribution in [0.4, 0.5) is 0 Å². The molecule has 0 bridgehead atoms. The lowest BCUT2D eigenvalue weighted by atomic mass is 10.0. The van der Waals surface area contributed by atoms with Crippen molar-refractivity contribution in [2.45, 2.75) is 32.7 Å². The summed E-state index contributed by atoms with van der Waals surface area (Å²) in [5.41, 5.74) is 3.47. The lowest BCUT2D eigenvalue weighted by Gasteiger charge is -2.18. The van der Waals surface area contributed by atoms with Crippen LogP contribution in [-0.4, -0.2) is 20.9 Å². The van der Waals surface area contributed by atoms with E-state index in [0.717, 1.165) is 35.7 Å². The molecule has 5 heteroatoms. The molecule has 1 atom stereocenters. The Morgan fingerprint density at radius 2 is 2.33 bits per heavy atom. The van der Waals surface area contributed by atoms with Crippen LogP contribution in [0.2, 0.25) is 0 Å². The van der Waals surface area contributed by atoms with Crippen LogP contribution >= 0.6 is 11.3 Å². The van der Waals surface area contributed by atoms with Crippen LogP contribution in [0.1, 0.15) is 36.3 Å². The molecule has 0 saturated carbocycles. The Bertz CT molecular complexity index is 687. The average molecular weight is 300 g/mol. The molecular formula is C16H20N4S. The van der Waals surface area contributed by atoms with Gasteiger partial charge in [0.2, 0.25) is 0 Å². The van der Waals surface area contributed by atoms with Gasteiger partial charge in [0.15, 0.2) is 4.96 Å². The predicted molar refractivity (Wildman–Crippen MR) is 86.8 cm³/mol. The van der Waals surface area contributed by atoms with E-state index in [2.05, 4.69) is 57.4 Å². The zero-order chi connectivity index (χ0) is 14.7. The highest BCUT2D eigenvalue weighted by molar-refractivity contribution is 7.15. The van der Waals surface area contributed by atoms with Crippen molar-refractivity contribution >= 4 is 16.3 Å². The quantitative estimate of drug-likeness (QED) is 0.759. The van der Waals surface area contributed by atoms with Crippen LogP contribution in [0, 0.1) is 6.92 Å². The van der Waals surface area contributed by atoms with Crippen molar-refractivity contribution in [3.63, 3.8) is 0 Å². The van der Waals surface area contributed by atoms with Crippen LogP contribution < -0.4 is 5.32 Å². The van der Waals surface area contributed by atoms with Crippen molar-refractivity contribution in [2.75, 3.05) is 6.54 Å². The zero-order valence-electron chi connectivity index (χ0n) is 12.4. The standard InChI is InChI=1S/C16H20N4S/c1-3-6-17-14(15-12(2)5-4-7-18-15)10-13-11-20-8-9-21-16(20)19-13/h4-5,7-9,11,14,17H,3,6,10H2,1-2H3. The molecule has 4 nitrogen and oxygen atoms in total. The van der Waals surface area contributed by atoms with Crippen molar-refractivity contribution in [3.8, 4) is 0 Å². The van der Waals surface area contributed by atoms with Crippen LogP contribution in [0.15, 0.2) is 36.1 Å². The number of fused-ring (bicyclic) bond motifs is 1. The van der Waals surface area contributed by atoms with Gasteiger partial charge < -0.3 is 5.32 Å². The molecule has 1 N–H and O–H groups in total. The highest BCUT2D eigenvalue weighted by Gasteiger charge is 2.17. The SMILES string of the molecule is CCCNC(Cc1cn2ccsc2n1)c1ncccc1C. The highest BCUT2D eigenvalue weighted by atomic mass is 32.1. The van der Waals surface area contributed by atoms with Crippen molar-refractivity contribution < 1.29 is 0 Å². The third kappa shape index (κ3) is 3.14. The molecule has 0 radical (unpaired) electrons. The van der Waals surface area contributed by atoms with Gasteiger partial charge in [0.1, 0.15) is 0 Å². The topological polar surface area (TPSA) is 42.2 Å². The smallest absolute Gasteiger partial charge is 0.193 e. The minimum Gasteiger partial charge on any atom is -0.308 e. The zero-order valence-corrected chi connectivity index (χ0v) is 13.2. The summed E-state index contributed by atoms with van der Waals surface area (Å²) in [6.45, 7) is 5.29. The van der Waals surface area contributed by atoms with Gasteiger partial charge in [-0.1, -0.05) is 13.0 Å². The normalized spacial score (nSPS) is 12.9. The molecule has 0 fully saturated rings. The second-order valence-corrected chi connectivity index (χ2v) is 6.11. The molecule has 0 aromatic carbocycles. The van der Waals surface area contributed by atoms with E-state index in [1.165, 1.54) is 5.56 Å². The number of imidazole rings is 1. The lowest BCUT2D eigenvalue weighted by Crippen LogP contribution is -2.25. The maximum Gasteiger partial charge on any atom is 0.193 e. The van der Waals surface area contributed by atoms with Crippen molar-refractivity contribution in [1.29, 1.82) is 0 Å². The molecular weight excluding hydrogens is 280 g/mol. The van der Waals surface area contributed by atoms with Gasteiger partial charge in [-0.3, -0.25) is 9.38 Å². The Labute approximate surface area is 128 Å². The van der Waals surface area contributed by atoms with Crippen LogP contribution in [0.5, 0.6) is 0 Å². The Morgan fingerprint density at radius 1 is 1.43 bits per heavy atom. The van der Waals surface area contributed by atoms with Gasteiger partial charge in [-0.25, -0.2) is 4.98 Å². The van der Waals surface area contributed by atoms with E-state index in [4.69, 9.17) is 0 Å². The van der Waals surface area contributed by atoms with E-state index < -0.39 is 0 Å². The number of rotatable bonds is 6. The lowest BCUT2D eigenvalue weighted by molar-refractivity contribution is 0.511. The first-order valence-corrected chi connectivity index (χ1v) is 8.22. The molecule has 21 heavy (non-hydrogen) atoms. The number of hydrogen-bond donors (Lipinski definition) is 1. The molecule has 0 aliphatic rings. The largest absolute Gasteiger partial charge is 0.308 e. The van der Waals surface area contributed by atoms with Gasteiger partial charge in [-0.2, -0.15) is 0 Å². The number of pyridine rings is 1. The Morgan fingerprint density at radius 3 is 3.10 bits per heavy atom. The monoisotopic (exact) mass is 300 g/mol. The fourth-order valence-corrected chi connectivity index (χ4v) is 3.25. The van der Waals surface area contributed by atoms with Crippen molar-refractivity contribution in [1.82, 2.24) is 19.7 Å². The first-order chi connectivity index (χ1) is 10.3. The first-order valence-electron chi connectivity index (χ1n) is 7.34. The van der Waals surface area contributed by atoms with E-state index in [9.17, 15) is 0 Å². The summed E-state index contributed by atoms with van der Waals surface area (Å²) >= 11 is 1.67. The van der Waals surface area contributed by atoms with Gasteiger partial charge in [0.05, 0.1) is 17.4 Å². The molecule has 3 rings (SSSR count). The van der Waals surface area contributed by atoms with Crippen LogP contribution in [-0.2, 0) is 6.42 Å². The van der Waals surface area contributed by atoms with Crippen LogP contribution in [0.25, 0.3) is 4.96 Å². The molecule has 1 unspecified atom stereocenters. The average Bonchev–Trinajstić information content (AvgIpc) is 3.05. The number of thiazole rings is 1. The Hall–Kier alpha value is -1.72. The highest BCUT2D eigenvalue weighted by Crippen LogP contribution is 2.21. The summed E-state index contributed by atoms with van der Waals surface area (Å²) in [5, 5.41) is 5.66.